The molecule has 1 N–H and O–H groups in total. The van der Waals surface area contributed by atoms with Gasteiger partial charge in [-0.15, -0.1) is 0 Å². The number of rotatable bonds is 7. The van der Waals surface area contributed by atoms with E-state index >= 15 is 0 Å². The third-order valence-corrected chi connectivity index (χ3v) is 3.91. The van der Waals surface area contributed by atoms with Crippen LogP contribution < -0.4 is 5.32 Å². The monoisotopic (exact) mass is 283 g/mol. The van der Waals surface area contributed by atoms with Gasteiger partial charge in [0, 0.05) is 13.2 Å². The van der Waals surface area contributed by atoms with Crippen molar-refractivity contribution in [1.29, 1.82) is 0 Å². The molecule has 0 radical (unpaired) electrons. The summed E-state index contributed by atoms with van der Waals surface area (Å²) in [7, 11) is 1.79. The van der Waals surface area contributed by atoms with Gasteiger partial charge in [-0.05, 0) is 36.6 Å². The summed E-state index contributed by atoms with van der Waals surface area (Å²) in [5, 5.41) is 3.58. The number of ether oxygens (including phenoxy) is 1. The first-order valence-corrected chi connectivity index (χ1v) is 7.62. The molecule has 112 valence electrons. The Morgan fingerprint density at radius 1 is 1.00 bits per heavy atom. The summed E-state index contributed by atoms with van der Waals surface area (Å²) in [6.07, 6.45) is 1.03. The second-order valence-corrected chi connectivity index (χ2v) is 5.36. The average Bonchev–Trinajstić information content (AvgIpc) is 2.51. The Kier molecular flexibility index (Phi) is 5.97. The Morgan fingerprint density at radius 2 is 1.67 bits per heavy atom. The Labute approximate surface area is 128 Å². The molecular weight excluding hydrogens is 258 g/mol. The zero-order chi connectivity index (χ0) is 15.1. The second-order valence-electron chi connectivity index (χ2n) is 5.36. The van der Waals surface area contributed by atoms with Gasteiger partial charge in [0.05, 0.1) is 6.10 Å². The molecule has 21 heavy (non-hydrogen) atoms. The fourth-order valence-electron chi connectivity index (χ4n) is 2.80. The zero-order valence-electron chi connectivity index (χ0n) is 13.2. The Balaban J connectivity index is 2.23. The number of methoxy groups -OCH3 is 1. The van der Waals surface area contributed by atoms with Crippen LogP contribution in [0.1, 0.15) is 29.7 Å². The zero-order valence-corrected chi connectivity index (χ0v) is 13.2. The van der Waals surface area contributed by atoms with E-state index in [1.165, 1.54) is 16.7 Å². The van der Waals surface area contributed by atoms with Gasteiger partial charge in [-0.25, -0.2) is 0 Å². The first-order valence-electron chi connectivity index (χ1n) is 7.62. The minimum atomic E-state index is 0.0609. The third kappa shape index (κ3) is 4.16. The van der Waals surface area contributed by atoms with Gasteiger partial charge in [0.25, 0.3) is 0 Å². The van der Waals surface area contributed by atoms with E-state index in [4.69, 9.17) is 4.74 Å². The summed E-state index contributed by atoms with van der Waals surface area (Å²) in [6.45, 7) is 5.24. The Hall–Kier alpha value is -1.64. The summed E-state index contributed by atoms with van der Waals surface area (Å²) >= 11 is 0. The molecule has 2 rings (SSSR count). The molecule has 2 unspecified atom stereocenters. The maximum absolute atomic E-state index is 5.80. The lowest BCUT2D eigenvalue weighted by Crippen LogP contribution is -2.37. The molecule has 2 heteroatoms. The van der Waals surface area contributed by atoms with Gasteiger partial charge >= 0.3 is 0 Å². The molecule has 0 aliphatic heterocycles. The number of hydrogen-bond acceptors (Lipinski definition) is 2. The molecule has 0 aromatic heterocycles. The van der Waals surface area contributed by atoms with Gasteiger partial charge in [0.2, 0.25) is 0 Å². The normalized spacial score (nSPS) is 13.9. The fraction of sp³-hybridized carbons (Fsp3) is 0.368. The van der Waals surface area contributed by atoms with E-state index in [1.54, 1.807) is 7.11 Å². The lowest BCUT2D eigenvalue weighted by molar-refractivity contribution is 0.0683. The maximum atomic E-state index is 5.80. The summed E-state index contributed by atoms with van der Waals surface area (Å²) in [5.41, 5.74) is 3.93. The van der Waals surface area contributed by atoms with Crippen molar-refractivity contribution < 1.29 is 4.74 Å². The quantitative estimate of drug-likeness (QED) is 0.832. The number of nitrogens with one attached hydrogen (secondary N) is 1. The van der Waals surface area contributed by atoms with Crippen molar-refractivity contribution in [2.45, 2.75) is 32.4 Å². The lowest BCUT2D eigenvalue weighted by atomic mass is 9.94. The van der Waals surface area contributed by atoms with E-state index < -0.39 is 0 Å². The van der Waals surface area contributed by atoms with Crippen LogP contribution in [0.5, 0.6) is 0 Å². The van der Waals surface area contributed by atoms with Crippen molar-refractivity contribution in [3.63, 3.8) is 0 Å². The van der Waals surface area contributed by atoms with E-state index in [9.17, 15) is 0 Å². The van der Waals surface area contributed by atoms with E-state index in [0.29, 0.717) is 0 Å². The molecular formula is C19H25NO. The summed E-state index contributed by atoms with van der Waals surface area (Å²) in [5.74, 6) is 0. The standard InChI is InChI=1S/C19H25NO/c1-4-20-18(14-17-13-9-8-10-15(17)2)19(21-3)16-11-6-5-7-12-16/h5-13,18-20H,4,14H2,1-3H3. The van der Waals surface area contributed by atoms with Crippen molar-refractivity contribution in [2.24, 2.45) is 0 Å². The topological polar surface area (TPSA) is 21.3 Å². The van der Waals surface area contributed by atoms with Crippen molar-refractivity contribution in [2.75, 3.05) is 13.7 Å². The second kappa shape index (κ2) is 7.96. The van der Waals surface area contributed by atoms with Crippen LogP contribution >= 0.6 is 0 Å². The molecule has 0 spiro atoms. The van der Waals surface area contributed by atoms with Crippen molar-refractivity contribution in [3.8, 4) is 0 Å². The van der Waals surface area contributed by atoms with Crippen LogP contribution in [0.3, 0.4) is 0 Å². The number of benzene rings is 2. The van der Waals surface area contributed by atoms with Gasteiger partial charge in [-0.3, -0.25) is 0 Å². The molecule has 0 heterocycles. The van der Waals surface area contributed by atoms with Crippen molar-refractivity contribution >= 4 is 0 Å². The van der Waals surface area contributed by atoms with E-state index in [2.05, 4.69) is 67.7 Å². The molecule has 0 aliphatic rings. The van der Waals surface area contributed by atoms with Crippen LogP contribution in [0.15, 0.2) is 54.6 Å². The maximum Gasteiger partial charge on any atom is 0.0977 e. The molecule has 2 nitrogen and oxygen atoms in total. The summed E-state index contributed by atoms with van der Waals surface area (Å²) < 4.78 is 5.80. The van der Waals surface area contributed by atoms with Crippen molar-refractivity contribution in [3.05, 3.63) is 71.3 Å². The molecule has 2 atom stereocenters. The summed E-state index contributed by atoms with van der Waals surface area (Å²) in [6, 6.07) is 19.3. The Morgan fingerprint density at radius 3 is 2.29 bits per heavy atom. The molecule has 2 aromatic carbocycles. The van der Waals surface area contributed by atoms with Crippen LogP contribution in [0, 0.1) is 6.92 Å². The third-order valence-electron chi connectivity index (χ3n) is 3.91. The smallest absolute Gasteiger partial charge is 0.0977 e. The summed E-state index contributed by atoms with van der Waals surface area (Å²) in [4.78, 5) is 0. The largest absolute Gasteiger partial charge is 0.375 e. The molecule has 2 aromatic rings. The van der Waals surface area contributed by atoms with Crippen LogP contribution in [0.2, 0.25) is 0 Å². The SMILES string of the molecule is CCNC(Cc1ccccc1C)C(OC)c1ccccc1. The molecule has 0 aliphatic carbocycles. The lowest BCUT2D eigenvalue weighted by Gasteiger charge is -2.28. The minimum Gasteiger partial charge on any atom is -0.375 e. The van der Waals surface area contributed by atoms with E-state index in [0.717, 1.165) is 13.0 Å². The van der Waals surface area contributed by atoms with Gasteiger partial charge < -0.3 is 10.1 Å². The average molecular weight is 283 g/mol. The number of likely N-dealkylation sites (N-methyl/N-ethyl adjacent to an activating group) is 1. The predicted molar refractivity (Wildman–Crippen MR) is 88.5 cm³/mol. The first-order chi connectivity index (χ1) is 10.3. The van der Waals surface area contributed by atoms with Gasteiger partial charge in [-0.2, -0.15) is 0 Å². The molecule has 0 saturated carbocycles. The van der Waals surface area contributed by atoms with Crippen molar-refractivity contribution in [1.82, 2.24) is 5.32 Å². The first kappa shape index (κ1) is 15.7. The molecule has 0 bridgehead atoms. The van der Waals surface area contributed by atoms with Gasteiger partial charge in [0.15, 0.2) is 0 Å². The van der Waals surface area contributed by atoms with Crippen LogP contribution in [-0.2, 0) is 11.2 Å². The minimum absolute atomic E-state index is 0.0609. The van der Waals surface area contributed by atoms with Crippen LogP contribution in [-0.4, -0.2) is 19.7 Å². The molecule has 0 fully saturated rings. The van der Waals surface area contributed by atoms with E-state index in [1.807, 2.05) is 6.07 Å². The van der Waals surface area contributed by atoms with Crippen LogP contribution in [0.4, 0.5) is 0 Å². The molecule has 0 amide bonds. The Bertz CT molecular complexity index is 538. The number of hydrogen-bond donors (Lipinski definition) is 1. The highest BCUT2D eigenvalue weighted by Gasteiger charge is 2.22. The van der Waals surface area contributed by atoms with Gasteiger partial charge in [0.1, 0.15) is 0 Å². The van der Waals surface area contributed by atoms with Gasteiger partial charge in [-0.1, -0.05) is 61.5 Å². The fourth-order valence-corrected chi connectivity index (χ4v) is 2.80. The highest BCUT2D eigenvalue weighted by Crippen LogP contribution is 2.24. The highest BCUT2D eigenvalue weighted by atomic mass is 16.5. The molecule has 0 saturated heterocycles. The van der Waals surface area contributed by atoms with E-state index in [-0.39, 0.29) is 12.1 Å². The highest BCUT2D eigenvalue weighted by molar-refractivity contribution is 5.28. The number of aryl methyl sites for hydroxylation is 1. The predicted octanol–water partition coefficient (Wildman–Crippen LogP) is 3.90. The van der Waals surface area contributed by atoms with Crippen LogP contribution in [0.25, 0.3) is 0 Å².